The first-order valence-corrected chi connectivity index (χ1v) is 6.47. The van der Waals surface area contributed by atoms with Crippen LogP contribution in [0.3, 0.4) is 0 Å². The molecule has 0 aliphatic heterocycles. The molecule has 0 fully saturated rings. The molecule has 0 radical (unpaired) electrons. The fourth-order valence-electron chi connectivity index (χ4n) is 1.96. The molecule has 0 aliphatic carbocycles. The molecular weight excluding hydrogens is 254 g/mol. The molecule has 2 aromatic rings. The molecule has 2 aromatic heterocycles. The lowest BCUT2D eigenvalue weighted by Gasteiger charge is -2.21. The van der Waals surface area contributed by atoms with Gasteiger partial charge in [0.25, 0.3) is 0 Å². The lowest BCUT2D eigenvalue weighted by atomic mass is 10.2. The summed E-state index contributed by atoms with van der Waals surface area (Å²) in [5.74, 6) is -0.297. The summed E-state index contributed by atoms with van der Waals surface area (Å²) in [7, 11) is 0. The van der Waals surface area contributed by atoms with Crippen molar-refractivity contribution in [3.63, 3.8) is 0 Å². The molecule has 0 bridgehead atoms. The molecule has 0 saturated heterocycles. The monoisotopic (exact) mass is 271 g/mol. The van der Waals surface area contributed by atoms with E-state index in [2.05, 4.69) is 9.97 Å². The van der Waals surface area contributed by atoms with Crippen LogP contribution in [0, 0.1) is 6.92 Å². The highest BCUT2D eigenvalue weighted by Crippen LogP contribution is 2.15. The third-order valence-electron chi connectivity index (χ3n) is 3.00. The number of pyridine rings is 2. The van der Waals surface area contributed by atoms with Gasteiger partial charge in [0.2, 0.25) is 0 Å². The second-order valence-corrected chi connectivity index (χ2v) is 4.49. The Balaban J connectivity index is 2.24. The minimum atomic E-state index is -0.946. The van der Waals surface area contributed by atoms with Crippen LogP contribution in [0.4, 0.5) is 5.82 Å². The standard InChI is InChI=1S/C15H17N3O2/c1-3-18(10-13-6-4-5-11(2)17-13)14-9-12(15(19)20)7-8-16-14/h4-9H,3,10H2,1-2H3,(H,19,20). The Morgan fingerprint density at radius 3 is 2.80 bits per heavy atom. The van der Waals surface area contributed by atoms with E-state index in [1.54, 1.807) is 6.07 Å². The van der Waals surface area contributed by atoms with Gasteiger partial charge in [-0.15, -0.1) is 0 Å². The second kappa shape index (κ2) is 6.14. The summed E-state index contributed by atoms with van der Waals surface area (Å²) in [5, 5.41) is 9.03. The van der Waals surface area contributed by atoms with E-state index in [0.29, 0.717) is 12.4 Å². The molecule has 0 unspecified atom stereocenters. The summed E-state index contributed by atoms with van der Waals surface area (Å²) in [6.45, 7) is 5.29. The number of aryl methyl sites for hydroxylation is 1. The Morgan fingerprint density at radius 1 is 1.35 bits per heavy atom. The molecule has 5 nitrogen and oxygen atoms in total. The molecule has 1 N–H and O–H groups in total. The molecule has 0 saturated carbocycles. The van der Waals surface area contributed by atoms with Crippen molar-refractivity contribution in [1.29, 1.82) is 0 Å². The topological polar surface area (TPSA) is 66.3 Å². The van der Waals surface area contributed by atoms with Gasteiger partial charge in [0.15, 0.2) is 0 Å². The Kier molecular flexibility index (Phi) is 4.30. The van der Waals surface area contributed by atoms with Crippen LogP contribution < -0.4 is 4.90 Å². The van der Waals surface area contributed by atoms with Crippen molar-refractivity contribution in [2.75, 3.05) is 11.4 Å². The molecule has 0 aliphatic rings. The number of carboxylic acid groups (broad SMARTS) is 1. The SMILES string of the molecule is CCN(Cc1cccc(C)n1)c1cc(C(=O)O)ccn1. The summed E-state index contributed by atoms with van der Waals surface area (Å²) in [5.41, 5.74) is 2.14. The average Bonchev–Trinajstić information content (AvgIpc) is 2.45. The lowest BCUT2D eigenvalue weighted by Crippen LogP contribution is -2.24. The maximum Gasteiger partial charge on any atom is 0.335 e. The highest BCUT2D eigenvalue weighted by atomic mass is 16.4. The van der Waals surface area contributed by atoms with Crippen molar-refractivity contribution >= 4 is 11.8 Å². The smallest absolute Gasteiger partial charge is 0.335 e. The maximum atomic E-state index is 11.0. The van der Waals surface area contributed by atoms with Crippen LogP contribution in [-0.4, -0.2) is 27.6 Å². The van der Waals surface area contributed by atoms with Crippen LogP contribution in [0.5, 0.6) is 0 Å². The zero-order valence-corrected chi connectivity index (χ0v) is 11.6. The highest BCUT2D eigenvalue weighted by Gasteiger charge is 2.10. The first-order chi connectivity index (χ1) is 9.60. The van der Waals surface area contributed by atoms with Gasteiger partial charge in [-0.3, -0.25) is 4.98 Å². The zero-order valence-electron chi connectivity index (χ0n) is 11.6. The third kappa shape index (κ3) is 3.32. The summed E-state index contributed by atoms with van der Waals surface area (Å²) < 4.78 is 0. The van der Waals surface area contributed by atoms with Gasteiger partial charge >= 0.3 is 5.97 Å². The highest BCUT2D eigenvalue weighted by molar-refractivity contribution is 5.88. The van der Waals surface area contributed by atoms with E-state index >= 15 is 0 Å². The summed E-state index contributed by atoms with van der Waals surface area (Å²) in [4.78, 5) is 21.7. The number of carbonyl (C=O) groups is 1. The van der Waals surface area contributed by atoms with Gasteiger partial charge in [0.05, 0.1) is 17.8 Å². The van der Waals surface area contributed by atoms with Gasteiger partial charge in [0.1, 0.15) is 5.82 Å². The molecule has 104 valence electrons. The number of carboxylic acids is 1. The van der Waals surface area contributed by atoms with Crippen molar-refractivity contribution in [1.82, 2.24) is 9.97 Å². The maximum absolute atomic E-state index is 11.0. The van der Waals surface area contributed by atoms with Gasteiger partial charge in [-0.25, -0.2) is 9.78 Å². The predicted octanol–water partition coefficient (Wildman–Crippen LogP) is 2.51. The Bertz CT molecular complexity index is 614. The normalized spacial score (nSPS) is 10.3. The van der Waals surface area contributed by atoms with Crippen molar-refractivity contribution in [3.8, 4) is 0 Å². The number of rotatable bonds is 5. The molecule has 0 amide bonds. The first kappa shape index (κ1) is 14.0. The number of nitrogens with zero attached hydrogens (tertiary/aromatic N) is 3. The molecular formula is C15H17N3O2. The molecule has 2 rings (SSSR count). The van der Waals surface area contributed by atoms with Gasteiger partial charge in [-0.2, -0.15) is 0 Å². The average molecular weight is 271 g/mol. The van der Waals surface area contributed by atoms with Crippen LogP contribution in [0.2, 0.25) is 0 Å². The number of hydrogen-bond acceptors (Lipinski definition) is 4. The number of anilines is 1. The van der Waals surface area contributed by atoms with Gasteiger partial charge in [-0.05, 0) is 38.1 Å². The van der Waals surface area contributed by atoms with Crippen molar-refractivity contribution < 1.29 is 9.90 Å². The zero-order chi connectivity index (χ0) is 14.5. The Labute approximate surface area is 117 Å². The quantitative estimate of drug-likeness (QED) is 0.905. The molecule has 2 heterocycles. The summed E-state index contributed by atoms with van der Waals surface area (Å²) in [6, 6.07) is 8.94. The van der Waals surface area contributed by atoms with Gasteiger partial charge in [-0.1, -0.05) is 6.07 Å². The number of aromatic carboxylic acids is 1. The van der Waals surface area contributed by atoms with E-state index in [-0.39, 0.29) is 5.56 Å². The summed E-state index contributed by atoms with van der Waals surface area (Å²) in [6.07, 6.45) is 1.52. The van der Waals surface area contributed by atoms with Crippen molar-refractivity contribution in [3.05, 3.63) is 53.5 Å². The Hall–Kier alpha value is -2.43. The minimum absolute atomic E-state index is 0.241. The largest absolute Gasteiger partial charge is 0.478 e. The fourth-order valence-corrected chi connectivity index (χ4v) is 1.96. The van der Waals surface area contributed by atoms with Crippen LogP contribution in [0.25, 0.3) is 0 Å². The van der Waals surface area contributed by atoms with Crippen LogP contribution in [-0.2, 0) is 6.54 Å². The number of hydrogen-bond donors (Lipinski definition) is 1. The van der Waals surface area contributed by atoms with Crippen LogP contribution >= 0.6 is 0 Å². The van der Waals surface area contributed by atoms with Crippen LogP contribution in [0.15, 0.2) is 36.5 Å². The van der Waals surface area contributed by atoms with E-state index in [9.17, 15) is 4.79 Å². The molecule has 0 aromatic carbocycles. The van der Waals surface area contributed by atoms with Crippen molar-refractivity contribution in [2.45, 2.75) is 20.4 Å². The third-order valence-corrected chi connectivity index (χ3v) is 3.00. The molecule has 0 atom stereocenters. The van der Waals surface area contributed by atoms with Crippen molar-refractivity contribution in [2.24, 2.45) is 0 Å². The molecule has 5 heteroatoms. The Morgan fingerprint density at radius 2 is 2.15 bits per heavy atom. The predicted molar refractivity (Wildman–Crippen MR) is 76.9 cm³/mol. The van der Waals surface area contributed by atoms with E-state index < -0.39 is 5.97 Å². The molecule has 0 spiro atoms. The summed E-state index contributed by atoms with van der Waals surface area (Å²) >= 11 is 0. The lowest BCUT2D eigenvalue weighted by molar-refractivity contribution is 0.0697. The minimum Gasteiger partial charge on any atom is -0.478 e. The van der Waals surface area contributed by atoms with E-state index in [0.717, 1.165) is 17.9 Å². The van der Waals surface area contributed by atoms with Gasteiger partial charge in [0, 0.05) is 18.4 Å². The van der Waals surface area contributed by atoms with E-state index in [1.165, 1.54) is 12.3 Å². The van der Waals surface area contributed by atoms with Gasteiger partial charge < -0.3 is 10.0 Å². The van der Waals surface area contributed by atoms with E-state index in [4.69, 9.17) is 5.11 Å². The first-order valence-electron chi connectivity index (χ1n) is 6.47. The fraction of sp³-hybridized carbons (Fsp3) is 0.267. The number of aromatic nitrogens is 2. The van der Waals surface area contributed by atoms with E-state index in [1.807, 2.05) is 36.9 Å². The second-order valence-electron chi connectivity index (χ2n) is 4.49. The van der Waals surface area contributed by atoms with Crippen LogP contribution in [0.1, 0.15) is 28.7 Å². The molecule has 20 heavy (non-hydrogen) atoms.